The largest absolute Gasteiger partial charge is 0.388 e. The van der Waals surface area contributed by atoms with Crippen LogP contribution in [0.1, 0.15) is 39.6 Å². The third kappa shape index (κ3) is 3.23. The highest BCUT2D eigenvalue weighted by atomic mass is 35.5. The van der Waals surface area contributed by atoms with Crippen LogP contribution in [0.25, 0.3) is 0 Å². The molecule has 0 aromatic heterocycles. The van der Waals surface area contributed by atoms with Gasteiger partial charge in [-0.3, -0.25) is 4.79 Å². The number of hydrogen-bond acceptors (Lipinski definition) is 2. The van der Waals surface area contributed by atoms with Gasteiger partial charge in [-0.15, -0.1) is 0 Å². The summed E-state index contributed by atoms with van der Waals surface area (Å²) in [6, 6.07) is 21.9. The van der Waals surface area contributed by atoms with Gasteiger partial charge in [0.05, 0.1) is 11.6 Å². The Morgan fingerprint density at radius 3 is 2.15 bits per heavy atom. The summed E-state index contributed by atoms with van der Waals surface area (Å²) in [6.45, 7) is 0. The number of halogens is 2. The summed E-state index contributed by atoms with van der Waals surface area (Å²) in [5, 5.41) is 15.3. The lowest BCUT2D eigenvalue weighted by Gasteiger charge is -2.33. The number of benzene rings is 3. The summed E-state index contributed by atoms with van der Waals surface area (Å²) in [7, 11) is 0. The number of carbonyl (C=O) groups is 1. The number of hydrogen-bond donors (Lipinski definition) is 2. The number of amides is 1. The number of aliphatic hydroxyl groups excluding tert-OH is 1. The maximum Gasteiger partial charge on any atom is 0.252 e. The van der Waals surface area contributed by atoms with E-state index in [2.05, 4.69) is 5.32 Å². The van der Waals surface area contributed by atoms with Gasteiger partial charge >= 0.3 is 0 Å². The highest BCUT2D eigenvalue weighted by Gasteiger charge is 2.45. The van der Waals surface area contributed by atoms with Gasteiger partial charge in [0.15, 0.2) is 0 Å². The molecule has 3 nitrogen and oxygen atoms in total. The zero-order valence-corrected chi connectivity index (χ0v) is 15.8. The van der Waals surface area contributed by atoms with E-state index in [1.54, 1.807) is 42.5 Å². The van der Waals surface area contributed by atoms with Crippen LogP contribution in [-0.4, -0.2) is 11.0 Å². The first-order valence-corrected chi connectivity index (χ1v) is 9.37. The molecule has 2 N–H and O–H groups in total. The molecule has 0 unspecified atom stereocenters. The van der Waals surface area contributed by atoms with E-state index in [0.29, 0.717) is 22.0 Å². The first-order chi connectivity index (χ1) is 13.0. The second kappa shape index (κ2) is 7.01. The molecular weight excluding hydrogens is 381 g/mol. The molecule has 0 saturated carbocycles. The number of carbonyl (C=O) groups excluding carboxylic acids is 1. The summed E-state index contributed by atoms with van der Waals surface area (Å²) in [4.78, 5) is 12.6. The monoisotopic (exact) mass is 397 g/mol. The zero-order chi connectivity index (χ0) is 19.0. The highest BCUT2D eigenvalue weighted by molar-refractivity contribution is 6.30. The SMILES string of the molecule is O=C1N[C@@](C[C@H](O)c2ccc(Cl)cc2)(c2ccc(Cl)cc2)c2ccccc21. The van der Waals surface area contributed by atoms with Crippen molar-refractivity contribution in [1.82, 2.24) is 5.32 Å². The molecule has 2 atom stereocenters. The van der Waals surface area contributed by atoms with Gasteiger partial charge in [0.2, 0.25) is 0 Å². The van der Waals surface area contributed by atoms with Crippen LogP contribution < -0.4 is 5.32 Å². The van der Waals surface area contributed by atoms with Crippen molar-refractivity contribution in [3.63, 3.8) is 0 Å². The average molecular weight is 398 g/mol. The van der Waals surface area contributed by atoms with Gasteiger partial charge in [-0.05, 0) is 47.0 Å². The molecular formula is C22H17Cl2NO2. The van der Waals surface area contributed by atoms with Crippen LogP contribution in [0.2, 0.25) is 10.0 Å². The van der Waals surface area contributed by atoms with Gasteiger partial charge < -0.3 is 10.4 Å². The quantitative estimate of drug-likeness (QED) is 0.642. The van der Waals surface area contributed by atoms with Crippen molar-refractivity contribution in [2.75, 3.05) is 0 Å². The van der Waals surface area contributed by atoms with Crippen LogP contribution in [0, 0.1) is 0 Å². The number of fused-ring (bicyclic) bond motifs is 1. The van der Waals surface area contributed by atoms with Crippen molar-refractivity contribution >= 4 is 29.1 Å². The van der Waals surface area contributed by atoms with Gasteiger partial charge in [-0.25, -0.2) is 0 Å². The van der Waals surface area contributed by atoms with Gasteiger partial charge in [0, 0.05) is 22.0 Å². The van der Waals surface area contributed by atoms with E-state index in [1.807, 2.05) is 30.3 Å². The van der Waals surface area contributed by atoms with E-state index < -0.39 is 11.6 Å². The van der Waals surface area contributed by atoms with Crippen LogP contribution in [0.3, 0.4) is 0 Å². The van der Waals surface area contributed by atoms with E-state index >= 15 is 0 Å². The molecule has 4 rings (SSSR count). The lowest BCUT2D eigenvalue weighted by atomic mass is 9.78. The molecule has 0 saturated heterocycles. The van der Waals surface area contributed by atoms with Crippen molar-refractivity contribution in [3.05, 3.63) is 105 Å². The highest BCUT2D eigenvalue weighted by Crippen LogP contribution is 2.43. The van der Waals surface area contributed by atoms with Crippen LogP contribution in [0.5, 0.6) is 0 Å². The molecule has 27 heavy (non-hydrogen) atoms. The Morgan fingerprint density at radius 2 is 1.48 bits per heavy atom. The molecule has 136 valence electrons. The Hall–Kier alpha value is -2.33. The Kier molecular flexibility index (Phi) is 4.68. The van der Waals surface area contributed by atoms with E-state index in [1.165, 1.54) is 0 Å². The molecule has 3 aromatic rings. The predicted octanol–water partition coefficient (Wildman–Crippen LogP) is 5.10. The van der Waals surface area contributed by atoms with Crippen molar-refractivity contribution in [1.29, 1.82) is 0 Å². The number of nitrogens with one attached hydrogen (secondary N) is 1. The molecule has 1 heterocycles. The smallest absolute Gasteiger partial charge is 0.252 e. The molecule has 0 aliphatic carbocycles. The van der Waals surface area contributed by atoms with E-state index in [4.69, 9.17) is 23.2 Å². The fraction of sp³-hybridized carbons (Fsp3) is 0.136. The second-order valence-corrected chi connectivity index (χ2v) is 7.56. The maximum absolute atomic E-state index is 12.6. The van der Waals surface area contributed by atoms with Crippen molar-refractivity contribution in [2.24, 2.45) is 0 Å². The summed E-state index contributed by atoms with van der Waals surface area (Å²) >= 11 is 12.0. The molecule has 0 bridgehead atoms. The average Bonchev–Trinajstić information content (AvgIpc) is 2.96. The minimum Gasteiger partial charge on any atom is -0.388 e. The molecule has 5 heteroatoms. The lowest BCUT2D eigenvalue weighted by molar-refractivity contribution is 0.0898. The predicted molar refractivity (Wildman–Crippen MR) is 107 cm³/mol. The Bertz CT molecular complexity index is 986. The standard InChI is InChI=1S/C22H17Cl2NO2/c23-16-9-5-14(6-10-16)20(26)13-22(15-7-11-17(24)12-8-15)19-4-2-1-3-18(19)21(27)25-22/h1-12,20,26H,13H2,(H,25,27)/t20-,22-/m0/s1. The Labute approximate surface area is 167 Å². The second-order valence-electron chi connectivity index (χ2n) is 6.68. The fourth-order valence-corrected chi connectivity index (χ4v) is 3.97. The van der Waals surface area contributed by atoms with Crippen molar-refractivity contribution in [3.8, 4) is 0 Å². The van der Waals surface area contributed by atoms with Gasteiger partial charge in [0.25, 0.3) is 5.91 Å². The molecule has 0 radical (unpaired) electrons. The topological polar surface area (TPSA) is 49.3 Å². The first kappa shape index (κ1) is 18.1. The van der Waals surface area contributed by atoms with E-state index in [0.717, 1.165) is 16.7 Å². The normalized spacial score (nSPS) is 19.4. The Balaban J connectivity index is 1.81. The minimum absolute atomic E-state index is 0.149. The van der Waals surface area contributed by atoms with E-state index in [9.17, 15) is 9.90 Å². The van der Waals surface area contributed by atoms with Gasteiger partial charge in [0.1, 0.15) is 0 Å². The lowest BCUT2D eigenvalue weighted by Crippen LogP contribution is -2.41. The third-order valence-electron chi connectivity index (χ3n) is 5.05. The van der Waals surface area contributed by atoms with Crippen LogP contribution in [-0.2, 0) is 5.54 Å². The maximum atomic E-state index is 12.6. The van der Waals surface area contributed by atoms with E-state index in [-0.39, 0.29) is 5.91 Å². The van der Waals surface area contributed by atoms with Gasteiger partial charge in [-0.2, -0.15) is 0 Å². The first-order valence-electron chi connectivity index (χ1n) is 8.61. The van der Waals surface area contributed by atoms with Crippen LogP contribution in [0.15, 0.2) is 72.8 Å². The fourth-order valence-electron chi connectivity index (χ4n) is 3.72. The van der Waals surface area contributed by atoms with Crippen LogP contribution in [0.4, 0.5) is 0 Å². The Morgan fingerprint density at radius 1 is 0.889 bits per heavy atom. The van der Waals surface area contributed by atoms with Crippen molar-refractivity contribution < 1.29 is 9.90 Å². The zero-order valence-electron chi connectivity index (χ0n) is 14.3. The molecule has 0 spiro atoms. The minimum atomic E-state index is -0.836. The number of aliphatic hydroxyl groups is 1. The molecule has 1 aliphatic rings. The summed E-state index contributed by atoms with van der Waals surface area (Å²) < 4.78 is 0. The number of rotatable bonds is 4. The molecule has 1 aliphatic heterocycles. The van der Waals surface area contributed by atoms with Crippen LogP contribution >= 0.6 is 23.2 Å². The van der Waals surface area contributed by atoms with Crippen molar-refractivity contribution in [2.45, 2.75) is 18.1 Å². The molecule has 1 amide bonds. The molecule has 0 fully saturated rings. The van der Waals surface area contributed by atoms with Gasteiger partial charge in [-0.1, -0.05) is 65.7 Å². The summed E-state index contributed by atoms with van der Waals surface area (Å²) in [5.74, 6) is -0.149. The summed E-state index contributed by atoms with van der Waals surface area (Å²) in [5.41, 5.74) is 2.25. The summed E-state index contributed by atoms with van der Waals surface area (Å²) in [6.07, 6.45) is -0.497. The third-order valence-corrected chi connectivity index (χ3v) is 5.55. The molecule has 3 aromatic carbocycles.